The van der Waals surface area contributed by atoms with Crippen LogP contribution >= 0.6 is 0 Å². The van der Waals surface area contributed by atoms with Crippen molar-refractivity contribution < 1.29 is 26.4 Å². The van der Waals surface area contributed by atoms with Gasteiger partial charge in [-0.15, -0.1) is 0 Å². The number of sulfone groups is 1. The SMILES string of the molecule is CCO[Si](CC(C)COc1ccc(CS(=O)(=O)c2ccc(C)cc2)cc1)(OCC)OCC. The molecule has 178 valence electrons. The van der Waals surface area contributed by atoms with Crippen molar-refractivity contribution in [1.82, 2.24) is 0 Å². The van der Waals surface area contributed by atoms with Crippen LogP contribution in [0.15, 0.2) is 53.4 Å². The first kappa shape index (κ1) is 26.5. The molecule has 0 amide bonds. The van der Waals surface area contributed by atoms with E-state index in [0.717, 1.165) is 11.1 Å². The molecule has 0 saturated carbocycles. The van der Waals surface area contributed by atoms with Crippen LogP contribution in [0.4, 0.5) is 0 Å². The molecule has 0 spiro atoms. The van der Waals surface area contributed by atoms with E-state index in [2.05, 4.69) is 6.92 Å². The van der Waals surface area contributed by atoms with Gasteiger partial charge in [0.1, 0.15) is 5.75 Å². The monoisotopic (exact) mass is 480 g/mol. The van der Waals surface area contributed by atoms with Crippen molar-refractivity contribution in [2.24, 2.45) is 5.92 Å². The highest BCUT2D eigenvalue weighted by Gasteiger charge is 2.41. The van der Waals surface area contributed by atoms with Gasteiger partial charge in [0.2, 0.25) is 0 Å². The zero-order valence-corrected chi connectivity index (χ0v) is 21.6. The first-order chi connectivity index (χ1) is 15.2. The quantitative estimate of drug-likeness (QED) is 0.353. The molecule has 0 saturated heterocycles. The van der Waals surface area contributed by atoms with E-state index < -0.39 is 18.6 Å². The number of ether oxygens (including phenoxy) is 1. The molecule has 0 radical (unpaired) electrons. The smallest absolute Gasteiger partial charge is 0.493 e. The molecule has 2 aromatic rings. The summed E-state index contributed by atoms with van der Waals surface area (Å²) >= 11 is 0. The van der Waals surface area contributed by atoms with Gasteiger partial charge < -0.3 is 18.0 Å². The summed E-state index contributed by atoms with van der Waals surface area (Å²) in [6, 6.07) is 14.8. The molecule has 32 heavy (non-hydrogen) atoms. The molecule has 0 aromatic heterocycles. The van der Waals surface area contributed by atoms with Crippen LogP contribution in [0.1, 0.15) is 38.8 Å². The predicted octanol–water partition coefficient (Wildman–Crippen LogP) is 5.03. The molecule has 8 heteroatoms. The summed E-state index contributed by atoms with van der Waals surface area (Å²) < 4.78 is 49.0. The molecule has 2 rings (SSSR count). The third kappa shape index (κ3) is 8.01. The van der Waals surface area contributed by atoms with Crippen molar-refractivity contribution in [1.29, 1.82) is 0 Å². The lowest BCUT2D eigenvalue weighted by Crippen LogP contribution is -2.47. The zero-order valence-electron chi connectivity index (χ0n) is 19.8. The van der Waals surface area contributed by atoms with E-state index in [1.54, 1.807) is 24.3 Å². The fourth-order valence-corrected chi connectivity index (χ4v) is 7.66. The lowest BCUT2D eigenvalue weighted by Gasteiger charge is -2.30. The Morgan fingerprint density at radius 1 is 0.844 bits per heavy atom. The molecule has 1 atom stereocenters. The summed E-state index contributed by atoms with van der Waals surface area (Å²) in [5.74, 6) is 0.829. The van der Waals surface area contributed by atoms with Crippen LogP contribution in [0, 0.1) is 12.8 Å². The van der Waals surface area contributed by atoms with E-state index in [1.807, 2.05) is 52.0 Å². The minimum absolute atomic E-state index is 0.0437. The van der Waals surface area contributed by atoms with Gasteiger partial charge in [0.15, 0.2) is 9.84 Å². The highest BCUT2D eigenvalue weighted by molar-refractivity contribution is 7.90. The van der Waals surface area contributed by atoms with E-state index in [1.165, 1.54) is 0 Å². The number of aryl methyl sites for hydroxylation is 1. The summed E-state index contributed by atoms with van der Waals surface area (Å²) in [5.41, 5.74) is 1.75. The van der Waals surface area contributed by atoms with Crippen LogP contribution in [0.5, 0.6) is 5.75 Å². The normalized spacial score (nSPS) is 13.2. The van der Waals surface area contributed by atoms with Crippen LogP contribution < -0.4 is 4.74 Å². The average Bonchev–Trinajstić information content (AvgIpc) is 2.74. The Hall–Kier alpha value is -1.71. The van der Waals surface area contributed by atoms with Crippen LogP contribution in [-0.4, -0.2) is 43.6 Å². The molecule has 0 aliphatic carbocycles. The Bertz CT molecular complexity index is 895. The zero-order chi connectivity index (χ0) is 23.6. The van der Waals surface area contributed by atoms with E-state index in [4.69, 9.17) is 18.0 Å². The van der Waals surface area contributed by atoms with E-state index in [9.17, 15) is 8.42 Å². The molecular formula is C24H36O6SSi. The number of rotatable bonds is 14. The molecule has 0 aliphatic heterocycles. The molecule has 6 nitrogen and oxygen atoms in total. The molecule has 2 aromatic carbocycles. The standard InChI is InChI=1S/C24H36O6SSi/c1-6-28-32(29-7-2,30-8-3)19-21(5)17-27-23-13-11-22(12-14-23)18-31(25,26)24-15-9-20(4)10-16-24/h9-16,21H,6-8,17-19H2,1-5H3. The Labute approximate surface area is 194 Å². The molecule has 0 N–H and O–H groups in total. The largest absolute Gasteiger partial charge is 0.501 e. The van der Waals surface area contributed by atoms with Crippen LogP contribution in [0.2, 0.25) is 6.04 Å². The van der Waals surface area contributed by atoms with E-state index >= 15 is 0 Å². The maximum absolute atomic E-state index is 12.6. The molecule has 0 fully saturated rings. The lowest BCUT2D eigenvalue weighted by atomic mass is 10.2. The van der Waals surface area contributed by atoms with Crippen molar-refractivity contribution in [2.45, 2.75) is 51.3 Å². The fraction of sp³-hybridized carbons (Fsp3) is 0.500. The fourth-order valence-electron chi connectivity index (χ4n) is 3.42. The first-order valence-corrected chi connectivity index (χ1v) is 14.7. The Morgan fingerprint density at radius 3 is 1.88 bits per heavy atom. The van der Waals surface area contributed by atoms with Gasteiger partial charge in [-0.3, -0.25) is 0 Å². The minimum atomic E-state index is -3.38. The van der Waals surface area contributed by atoms with E-state index in [0.29, 0.717) is 43.1 Å². The topological polar surface area (TPSA) is 71.1 Å². The van der Waals surface area contributed by atoms with Crippen molar-refractivity contribution in [3.8, 4) is 5.75 Å². The van der Waals surface area contributed by atoms with E-state index in [-0.39, 0.29) is 11.7 Å². The maximum Gasteiger partial charge on any atom is 0.501 e. The predicted molar refractivity (Wildman–Crippen MR) is 129 cm³/mol. The average molecular weight is 481 g/mol. The van der Waals surface area contributed by atoms with Gasteiger partial charge in [0.05, 0.1) is 17.3 Å². The number of hydrogen-bond acceptors (Lipinski definition) is 6. The summed E-state index contributed by atoms with van der Waals surface area (Å²) in [6.45, 7) is 12.0. The summed E-state index contributed by atoms with van der Waals surface area (Å²) in [4.78, 5) is 0.336. The van der Waals surface area contributed by atoms with Crippen molar-refractivity contribution in [3.05, 3.63) is 59.7 Å². The second-order valence-corrected chi connectivity index (χ2v) is 12.4. The summed E-state index contributed by atoms with van der Waals surface area (Å²) in [7, 11) is -6.10. The van der Waals surface area contributed by atoms with Crippen molar-refractivity contribution in [3.63, 3.8) is 0 Å². The molecule has 0 heterocycles. The Kier molecular flexibility index (Phi) is 10.4. The first-order valence-electron chi connectivity index (χ1n) is 11.2. The molecule has 0 bridgehead atoms. The van der Waals surface area contributed by atoms with Crippen molar-refractivity contribution >= 4 is 18.6 Å². The minimum Gasteiger partial charge on any atom is -0.493 e. The molecular weight excluding hydrogens is 444 g/mol. The Morgan fingerprint density at radius 2 is 1.38 bits per heavy atom. The van der Waals surface area contributed by atoms with Crippen molar-refractivity contribution in [2.75, 3.05) is 26.4 Å². The van der Waals surface area contributed by atoms with Crippen LogP contribution in [0.3, 0.4) is 0 Å². The van der Waals surface area contributed by atoms with Gasteiger partial charge in [-0.1, -0.05) is 36.8 Å². The van der Waals surface area contributed by atoms with Gasteiger partial charge in [-0.2, -0.15) is 0 Å². The Balaban J connectivity index is 1.95. The van der Waals surface area contributed by atoms with Gasteiger partial charge in [0.25, 0.3) is 0 Å². The summed E-state index contributed by atoms with van der Waals surface area (Å²) in [6.07, 6.45) is 0. The van der Waals surface area contributed by atoms with Gasteiger partial charge in [0, 0.05) is 25.9 Å². The third-order valence-electron chi connectivity index (χ3n) is 4.89. The second-order valence-electron chi connectivity index (χ2n) is 7.82. The second kappa shape index (κ2) is 12.5. The van der Waals surface area contributed by atoms with Gasteiger partial charge in [-0.05, 0) is 63.4 Å². The van der Waals surface area contributed by atoms with Gasteiger partial charge in [-0.25, -0.2) is 8.42 Å². The lowest BCUT2D eigenvalue weighted by molar-refractivity contribution is 0.0651. The highest BCUT2D eigenvalue weighted by Crippen LogP contribution is 2.24. The van der Waals surface area contributed by atoms with Gasteiger partial charge >= 0.3 is 8.80 Å². The maximum atomic E-state index is 12.6. The third-order valence-corrected chi connectivity index (χ3v) is 9.97. The number of benzene rings is 2. The number of hydrogen-bond donors (Lipinski definition) is 0. The highest BCUT2D eigenvalue weighted by atomic mass is 32.2. The summed E-state index contributed by atoms with van der Waals surface area (Å²) in [5, 5.41) is 0. The van der Waals surface area contributed by atoms with Crippen LogP contribution in [0.25, 0.3) is 0 Å². The molecule has 1 unspecified atom stereocenters. The molecule has 0 aliphatic rings. The van der Waals surface area contributed by atoms with Crippen LogP contribution in [-0.2, 0) is 28.9 Å².